The molecule has 4 rings (SSSR count). The van der Waals surface area contributed by atoms with Crippen LogP contribution in [-0.4, -0.2) is 0 Å². The fraction of sp³-hybridized carbons (Fsp3) is 0.222. The van der Waals surface area contributed by atoms with E-state index in [-0.39, 0.29) is 0 Å². The SMILES string of the molecule is Clc1ccc2ccc3c(c2c1)C=CC1=CCCC[C@H]13. The average molecular weight is 267 g/mol. The molecule has 2 aromatic rings. The molecule has 0 fully saturated rings. The lowest BCUT2D eigenvalue weighted by atomic mass is 9.76. The highest BCUT2D eigenvalue weighted by Crippen LogP contribution is 2.42. The van der Waals surface area contributed by atoms with Crippen LogP contribution in [0.1, 0.15) is 36.3 Å². The van der Waals surface area contributed by atoms with Crippen molar-refractivity contribution in [2.24, 2.45) is 0 Å². The summed E-state index contributed by atoms with van der Waals surface area (Å²) in [6.07, 6.45) is 10.8. The molecule has 1 heteroatoms. The molecule has 0 spiro atoms. The van der Waals surface area contributed by atoms with E-state index < -0.39 is 0 Å². The first-order valence-electron chi connectivity index (χ1n) is 6.93. The van der Waals surface area contributed by atoms with Crippen LogP contribution in [0.3, 0.4) is 0 Å². The topological polar surface area (TPSA) is 0 Å². The average Bonchev–Trinajstić information content (AvgIpc) is 2.46. The molecule has 0 N–H and O–H groups in total. The standard InChI is InChI=1S/C18H15Cl/c19-14-8-5-13-7-9-16-15-4-2-1-3-12(15)6-10-17(16)18(13)11-14/h3,5-11,15H,1-2,4H2/t15-/m1/s1. The molecular weight excluding hydrogens is 252 g/mol. The molecule has 0 nitrogen and oxygen atoms in total. The maximum atomic E-state index is 6.16. The van der Waals surface area contributed by atoms with Crippen molar-refractivity contribution in [3.8, 4) is 0 Å². The zero-order valence-corrected chi connectivity index (χ0v) is 11.5. The van der Waals surface area contributed by atoms with Crippen molar-refractivity contribution in [2.45, 2.75) is 25.2 Å². The fourth-order valence-corrected chi connectivity index (χ4v) is 3.59. The Morgan fingerprint density at radius 1 is 1.05 bits per heavy atom. The first-order valence-corrected chi connectivity index (χ1v) is 7.31. The Balaban J connectivity index is 2.01. The third kappa shape index (κ3) is 1.74. The minimum Gasteiger partial charge on any atom is -0.0843 e. The van der Waals surface area contributed by atoms with Gasteiger partial charge in [0.25, 0.3) is 0 Å². The molecule has 2 aliphatic carbocycles. The van der Waals surface area contributed by atoms with E-state index in [0.717, 1.165) is 5.02 Å². The summed E-state index contributed by atoms with van der Waals surface area (Å²) in [7, 11) is 0. The Morgan fingerprint density at radius 3 is 2.89 bits per heavy atom. The van der Waals surface area contributed by atoms with Gasteiger partial charge >= 0.3 is 0 Å². The smallest absolute Gasteiger partial charge is 0.0412 e. The molecule has 0 aliphatic heterocycles. The van der Waals surface area contributed by atoms with E-state index in [4.69, 9.17) is 11.6 Å². The minimum atomic E-state index is 0.595. The predicted octanol–water partition coefficient (Wildman–Crippen LogP) is 5.71. The highest BCUT2D eigenvalue weighted by Gasteiger charge is 2.23. The van der Waals surface area contributed by atoms with Crippen LogP contribution in [-0.2, 0) is 0 Å². The molecule has 1 atom stereocenters. The van der Waals surface area contributed by atoms with E-state index in [9.17, 15) is 0 Å². The van der Waals surface area contributed by atoms with Crippen LogP contribution in [0.4, 0.5) is 0 Å². The van der Waals surface area contributed by atoms with Crippen LogP contribution in [0, 0.1) is 0 Å². The van der Waals surface area contributed by atoms with Crippen LogP contribution in [0.2, 0.25) is 5.02 Å². The minimum absolute atomic E-state index is 0.595. The van der Waals surface area contributed by atoms with Crippen molar-refractivity contribution in [1.29, 1.82) is 0 Å². The third-order valence-electron chi connectivity index (χ3n) is 4.36. The molecule has 2 aliphatic rings. The summed E-state index contributed by atoms with van der Waals surface area (Å²) in [4.78, 5) is 0. The zero-order chi connectivity index (χ0) is 12.8. The molecule has 0 heterocycles. The molecule has 94 valence electrons. The second-order valence-electron chi connectivity index (χ2n) is 5.45. The van der Waals surface area contributed by atoms with Crippen molar-refractivity contribution in [1.82, 2.24) is 0 Å². The number of hydrogen-bond donors (Lipinski definition) is 0. The van der Waals surface area contributed by atoms with E-state index in [2.05, 4.69) is 42.5 Å². The number of hydrogen-bond acceptors (Lipinski definition) is 0. The van der Waals surface area contributed by atoms with Crippen LogP contribution in [0.5, 0.6) is 0 Å². The molecule has 0 radical (unpaired) electrons. The van der Waals surface area contributed by atoms with Crippen LogP contribution in [0.15, 0.2) is 48.1 Å². The lowest BCUT2D eigenvalue weighted by Gasteiger charge is -2.28. The molecule has 0 unspecified atom stereocenters. The zero-order valence-electron chi connectivity index (χ0n) is 10.7. The van der Waals surface area contributed by atoms with Crippen LogP contribution < -0.4 is 0 Å². The Bertz CT molecular complexity index is 722. The summed E-state index contributed by atoms with van der Waals surface area (Å²) in [6, 6.07) is 10.7. The molecule has 2 aromatic carbocycles. The summed E-state index contributed by atoms with van der Waals surface area (Å²) < 4.78 is 0. The maximum Gasteiger partial charge on any atom is 0.0412 e. The summed E-state index contributed by atoms with van der Waals surface area (Å²) >= 11 is 6.16. The van der Waals surface area contributed by atoms with Gasteiger partial charge in [-0.1, -0.05) is 48.0 Å². The Hall–Kier alpha value is -1.53. The van der Waals surface area contributed by atoms with Gasteiger partial charge in [-0.3, -0.25) is 0 Å². The lowest BCUT2D eigenvalue weighted by Crippen LogP contribution is -2.10. The van der Waals surface area contributed by atoms with Gasteiger partial charge in [0.1, 0.15) is 0 Å². The van der Waals surface area contributed by atoms with E-state index >= 15 is 0 Å². The lowest BCUT2D eigenvalue weighted by molar-refractivity contribution is 0.632. The van der Waals surface area contributed by atoms with E-state index in [1.54, 1.807) is 0 Å². The summed E-state index contributed by atoms with van der Waals surface area (Å²) in [6.45, 7) is 0. The highest BCUT2D eigenvalue weighted by molar-refractivity contribution is 6.31. The summed E-state index contributed by atoms with van der Waals surface area (Å²) in [5, 5.41) is 3.38. The van der Waals surface area contributed by atoms with Crippen molar-refractivity contribution < 1.29 is 0 Å². The van der Waals surface area contributed by atoms with Gasteiger partial charge in [0.2, 0.25) is 0 Å². The summed E-state index contributed by atoms with van der Waals surface area (Å²) in [5.41, 5.74) is 4.34. The van der Waals surface area contributed by atoms with E-state index in [0.29, 0.717) is 5.92 Å². The maximum absolute atomic E-state index is 6.16. The van der Waals surface area contributed by atoms with Gasteiger partial charge in [0.15, 0.2) is 0 Å². The molecule has 0 aromatic heterocycles. The highest BCUT2D eigenvalue weighted by atomic mass is 35.5. The fourth-order valence-electron chi connectivity index (χ4n) is 3.42. The molecule has 0 bridgehead atoms. The van der Waals surface area contributed by atoms with Gasteiger partial charge in [0, 0.05) is 10.9 Å². The monoisotopic (exact) mass is 266 g/mol. The normalized spacial score (nSPS) is 20.9. The predicted molar refractivity (Wildman–Crippen MR) is 82.7 cm³/mol. The van der Waals surface area contributed by atoms with E-state index in [1.165, 1.54) is 46.7 Å². The van der Waals surface area contributed by atoms with Crippen molar-refractivity contribution in [3.63, 3.8) is 0 Å². The van der Waals surface area contributed by atoms with Gasteiger partial charge in [-0.2, -0.15) is 0 Å². The van der Waals surface area contributed by atoms with Crippen molar-refractivity contribution in [3.05, 3.63) is 64.2 Å². The Kier molecular flexibility index (Phi) is 2.53. The van der Waals surface area contributed by atoms with Crippen molar-refractivity contribution >= 4 is 28.4 Å². The Labute approximate surface area is 118 Å². The molecule has 0 amide bonds. The van der Waals surface area contributed by atoms with Crippen LogP contribution >= 0.6 is 11.6 Å². The number of halogens is 1. The van der Waals surface area contributed by atoms with Gasteiger partial charge in [-0.15, -0.1) is 0 Å². The number of benzene rings is 2. The third-order valence-corrected chi connectivity index (χ3v) is 4.59. The van der Waals surface area contributed by atoms with Crippen LogP contribution in [0.25, 0.3) is 16.8 Å². The van der Waals surface area contributed by atoms with Crippen molar-refractivity contribution in [2.75, 3.05) is 0 Å². The second-order valence-corrected chi connectivity index (χ2v) is 5.89. The molecule has 0 saturated heterocycles. The number of rotatable bonds is 0. The summed E-state index contributed by atoms with van der Waals surface area (Å²) in [5.74, 6) is 0.595. The van der Waals surface area contributed by atoms with Gasteiger partial charge < -0.3 is 0 Å². The number of allylic oxidation sites excluding steroid dienone is 3. The molecule has 0 saturated carbocycles. The quantitative estimate of drug-likeness (QED) is 0.573. The molecular formula is C18H15Cl. The largest absolute Gasteiger partial charge is 0.0843 e. The first-order chi connectivity index (χ1) is 9.33. The van der Waals surface area contributed by atoms with Gasteiger partial charge in [-0.25, -0.2) is 0 Å². The van der Waals surface area contributed by atoms with E-state index in [1.807, 2.05) is 6.07 Å². The molecule has 19 heavy (non-hydrogen) atoms. The first kappa shape index (κ1) is 11.3. The Morgan fingerprint density at radius 2 is 1.95 bits per heavy atom. The van der Waals surface area contributed by atoms with Gasteiger partial charge in [0.05, 0.1) is 0 Å². The second kappa shape index (κ2) is 4.25. The number of fused-ring (bicyclic) bond motifs is 5. The van der Waals surface area contributed by atoms with Gasteiger partial charge in [-0.05, 0) is 58.9 Å².